The van der Waals surface area contributed by atoms with Crippen molar-refractivity contribution in [2.75, 3.05) is 51.7 Å². The third-order valence-electron chi connectivity index (χ3n) is 3.51. The number of carbonyl (C=O) groups excluding carboxylic acids is 1. The maximum Gasteiger partial charge on any atom is 0.238 e. The molecule has 2 rings (SSSR count). The summed E-state index contributed by atoms with van der Waals surface area (Å²) in [5.74, 6) is 0.609. The Bertz CT molecular complexity index is 519. The normalized spacial score (nSPS) is 16.2. The highest BCUT2D eigenvalue weighted by molar-refractivity contribution is 5.93. The van der Waals surface area contributed by atoms with E-state index in [0.29, 0.717) is 24.5 Å². The van der Waals surface area contributed by atoms with Crippen molar-refractivity contribution in [3.05, 3.63) is 24.3 Å². The molecule has 6 nitrogen and oxygen atoms in total. The van der Waals surface area contributed by atoms with Crippen LogP contribution in [0.3, 0.4) is 0 Å². The van der Waals surface area contributed by atoms with Gasteiger partial charge in [0.25, 0.3) is 0 Å². The molecule has 0 unspecified atom stereocenters. The lowest BCUT2D eigenvalue weighted by Crippen LogP contribution is -2.48. The predicted octanol–water partition coefficient (Wildman–Crippen LogP) is 0.775. The number of nitrogens with zero attached hydrogens (tertiary/aromatic N) is 3. The molecule has 0 aliphatic carbocycles. The molecule has 6 heteroatoms. The quantitative estimate of drug-likeness (QED) is 0.811. The molecule has 0 radical (unpaired) electrons. The highest BCUT2D eigenvalue weighted by Crippen LogP contribution is 2.22. The topological polar surface area (TPSA) is 68.6 Å². The van der Waals surface area contributed by atoms with Crippen molar-refractivity contribution in [3.63, 3.8) is 0 Å². The summed E-state index contributed by atoms with van der Waals surface area (Å²) in [7, 11) is 1.58. The highest BCUT2D eigenvalue weighted by atomic mass is 16.5. The monoisotopic (exact) mass is 288 g/mol. The van der Waals surface area contributed by atoms with Gasteiger partial charge in [0.2, 0.25) is 5.91 Å². The summed E-state index contributed by atoms with van der Waals surface area (Å²) in [6, 6.07) is 9.51. The number of hydrogen-bond donors (Lipinski definition) is 1. The molecule has 0 saturated carbocycles. The largest absolute Gasteiger partial charge is 0.495 e. The highest BCUT2D eigenvalue weighted by Gasteiger charge is 2.18. The van der Waals surface area contributed by atoms with Crippen LogP contribution < -0.4 is 10.1 Å². The van der Waals surface area contributed by atoms with Gasteiger partial charge in [0.1, 0.15) is 5.75 Å². The standard InChI is InChI=1S/C15H20N4O2/c1-21-14-5-3-2-4-13(14)17-15(20)12-19-10-8-18(7-6-16)9-11-19/h2-5H,7-12H2,1H3,(H,17,20). The number of rotatable bonds is 5. The number of amides is 1. The number of piperazine rings is 1. The molecule has 1 aliphatic heterocycles. The van der Waals surface area contributed by atoms with Crippen molar-refractivity contribution in [3.8, 4) is 11.8 Å². The third-order valence-corrected chi connectivity index (χ3v) is 3.51. The van der Waals surface area contributed by atoms with Crippen molar-refractivity contribution >= 4 is 11.6 Å². The molecule has 112 valence electrons. The zero-order valence-corrected chi connectivity index (χ0v) is 12.2. The Morgan fingerprint density at radius 1 is 1.29 bits per heavy atom. The van der Waals surface area contributed by atoms with Crippen LogP contribution in [0.4, 0.5) is 5.69 Å². The lowest BCUT2D eigenvalue weighted by Gasteiger charge is -2.32. The van der Waals surface area contributed by atoms with Crippen LogP contribution in [0.25, 0.3) is 0 Å². The van der Waals surface area contributed by atoms with Gasteiger partial charge in [-0.05, 0) is 12.1 Å². The number of nitrogens with one attached hydrogen (secondary N) is 1. The van der Waals surface area contributed by atoms with Crippen molar-refractivity contribution in [2.24, 2.45) is 0 Å². The second kappa shape index (κ2) is 7.62. The number of benzene rings is 1. The Morgan fingerprint density at radius 2 is 1.95 bits per heavy atom. The van der Waals surface area contributed by atoms with E-state index in [1.54, 1.807) is 7.11 Å². The fourth-order valence-electron chi connectivity index (χ4n) is 2.35. The molecule has 21 heavy (non-hydrogen) atoms. The van der Waals surface area contributed by atoms with E-state index in [1.165, 1.54) is 0 Å². The van der Waals surface area contributed by atoms with Gasteiger partial charge in [-0.2, -0.15) is 5.26 Å². The first-order valence-electron chi connectivity index (χ1n) is 6.97. The van der Waals surface area contributed by atoms with E-state index in [4.69, 9.17) is 10.00 Å². The Kier molecular flexibility index (Phi) is 5.55. The molecule has 0 aromatic heterocycles. The molecular formula is C15H20N4O2. The number of hydrogen-bond acceptors (Lipinski definition) is 5. The molecule has 1 saturated heterocycles. The van der Waals surface area contributed by atoms with Crippen LogP contribution in [0.5, 0.6) is 5.75 Å². The van der Waals surface area contributed by atoms with E-state index in [-0.39, 0.29) is 5.91 Å². The Labute approximate surface area is 124 Å². The van der Waals surface area contributed by atoms with Crippen molar-refractivity contribution < 1.29 is 9.53 Å². The molecular weight excluding hydrogens is 268 g/mol. The summed E-state index contributed by atoms with van der Waals surface area (Å²) in [4.78, 5) is 16.3. The van der Waals surface area contributed by atoms with Gasteiger partial charge in [0.05, 0.1) is 32.0 Å². The first kappa shape index (κ1) is 15.3. The predicted molar refractivity (Wildman–Crippen MR) is 80.1 cm³/mol. The van der Waals surface area contributed by atoms with Crippen molar-refractivity contribution in [2.45, 2.75) is 0 Å². The van der Waals surface area contributed by atoms with E-state index in [0.717, 1.165) is 26.2 Å². The molecule has 0 bridgehead atoms. The molecule has 1 amide bonds. The summed E-state index contributed by atoms with van der Waals surface area (Å²) in [5, 5.41) is 11.5. The van der Waals surface area contributed by atoms with Crippen molar-refractivity contribution in [1.29, 1.82) is 5.26 Å². The van der Waals surface area contributed by atoms with Crippen LogP contribution in [-0.4, -0.2) is 62.1 Å². The molecule has 1 aromatic rings. The Balaban J connectivity index is 1.82. The van der Waals surface area contributed by atoms with E-state index in [1.807, 2.05) is 24.3 Å². The SMILES string of the molecule is COc1ccccc1NC(=O)CN1CCN(CC#N)CC1. The van der Waals surface area contributed by atoms with E-state index >= 15 is 0 Å². The lowest BCUT2D eigenvalue weighted by atomic mass is 10.2. The molecule has 1 heterocycles. The fraction of sp³-hybridized carbons (Fsp3) is 0.467. The number of methoxy groups -OCH3 is 1. The van der Waals surface area contributed by atoms with Crippen LogP contribution in [0.2, 0.25) is 0 Å². The maximum atomic E-state index is 12.1. The molecule has 1 aliphatic rings. The van der Waals surface area contributed by atoms with E-state index < -0.39 is 0 Å². The summed E-state index contributed by atoms with van der Waals surface area (Å²) < 4.78 is 5.21. The molecule has 0 atom stereocenters. The van der Waals surface area contributed by atoms with Gasteiger partial charge < -0.3 is 10.1 Å². The zero-order valence-electron chi connectivity index (χ0n) is 12.2. The summed E-state index contributed by atoms with van der Waals surface area (Å²) in [6.07, 6.45) is 0. The first-order chi connectivity index (χ1) is 10.2. The smallest absolute Gasteiger partial charge is 0.238 e. The maximum absolute atomic E-state index is 12.1. The molecule has 0 spiro atoms. The second-order valence-electron chi connectivity index (χ2n) is 4.96. The number of anilines is 1. The molecule has 1 fully saturated rings. The summed E-state index contributed by atoms with van der Waals surface area (Å²) in [5.41, 5.74) is 0.688. The second-order valence-corrected chi connectivity index (χ2v) is 4.96. The van der Waals surface area contributed by atoms with Gasteiger partial charge in [-0.3, -0.25) is 14.6 Å². The van der Waals surface area contributed by atoms with Crippen LogP contribution >= 0.6 is 0 Å². The molecule has 1 aromatic carbocycles. The Morgan fingerprint density at radius 3 is 2.62 bits per heavy atom. The van der Waals surface area contributed by atoms with Gasteiger partial charge in [-0.25, -0.2) is 0 Å². The number of carbonyl (C=O) groups is 1. The average Bonchev–Trinajstić information content (AvgIpc) is 2.50. The first-order valence-corrected chi connectivity index (χ1v) is 6.97. The van der Waals surface area contributed by atoms with E-state index in [9.17, 15) is 4.79 Å². The summed E-state index contributed by atoms with van der Waals surface area (Å²) in [6.45, 7) is 4.09. The minimum Gasteiger partial charge on any atom is -0.495 e. The minimum absolute atomic E-state index is 0.0479. The zero-order chi connectivity index (χ0) is 15.1. The van der Waals surface area contributed by atoms with Crippen LogP contribution in [0.1, 0.15) is 0 Å². The van der Waals surface area contributed by atoms with Gasteiger partial charge in [-0.15, -0.1) is 0 Å². The molecule has 1 N–H and O–H groups in total. The fourth-order valence-corrected chi connectivity index (χ4v) is 2.35. The lowest BCUT2D eigenvalue weighted by molar-refractivity contribution is -0.117. The van der Waals surface area contributed by atoms with Crippen LogP contribution in [0.15, 0.2) is 24.3 Å². The number of ether oxygens (including phenoxy) is 1. The number of nitriles is 1. The third kappa shape index (κ3) is 4.45. The van der Waals surface area contributed by atoms with E-state index in [2.05, 4.69) is 21.2 Å². The van der Waals surface area contributed by atoms with Gasteiger partial charge in [-0.1, -0.05) is 12.1 Å². The summed E-state index contributed by atoms with van der Waals surface area (Å²) >= 11 is 0. The van der Waals surface area contributed by atoms with Gasteiger partial charge in [0, 0.05) is 26.2 Å². The Hall–Kier alpha value is -2.10. The average molecular weight is 288 g/mol. The van der Waals surface area contributed by atoms with Gasteiger partial charge >= 0.3 is 0 Å². The minimum atomic E-state index is -0.0479. The van der Waals surface area contributed by atoms with Crippen molar-refractivity contribution in [1.82, 2.24) is 9.80 Å². The van der Waals surface area contributed by atoms with Gasteiger partial charge in [0.15, 0.2) is 0 Å². The van der Waals surface area contributed by atoms with Crippen LogP contribution in [0, 0.1) is 11.3 Å². The van der Waals surface area contributed by atoms with Crippen LogP contribution in [-0.2, 0) is 4.79 Å². The number of para-hydroxylation sites is 2.